The van der Waals surface area contributed by atoms with Gasteiger partial charge in [-0.2, -0.15) is 0 Å². The molecule has 1 aromatic heterocycles. The second-order valence-electron chi connectivity index (χ2n) is 3.84. The molecule has 0 spiro atoms. The highest BCUT2D eigenvalue weighted by atomic mass is 16.5. The van der Waals surface area contributed by atoms with E-state index in [1.165, 1.54) is 0 Å². The van der Waals surface area contributed by atoms with Crippen LogP contribution in [0.15, 0.2) is 6.20 Å². The molecule has 1 heterocycles. The summed E-state index contributed by atoms with van der Waals surface area (Å²) in [6, 6.07) is 0.337. The Kier molecular flexibility index (Phi) is 3.28. The lowest BCUT2D eigenvalue weighted by Crippen LogP contribution is -2.04. The zero-order chi connectivity index (χ0) is 9.84. The summed E-state index contributed by atoms with van der Waals surface area (Å²) in [5.41, 5.74) is 0. The molecular formula is C9H17N3O. The standard InChI is InChI=1S/C9H17N3O/c1-7(2)6-13-9-5-12(8(3)4)11-10-9/h5,7-8H,6H2,1-4H3. The lowest BCUT2D eigenvalue weighted by molar-refractivity contribution is 0.261. The molecule has 0 fully saturated rings. The Balaban J connectivity index is 2.49. The highest BCUT2D eigenvalue weighted by molar-refractivity contribution is 4.99. The topological polar surface area (TPSA) is 39.9 Å². The van der Waals surface area contributed by atoms with E-state index in [1.807, 2.05) is 6.20 Å². The number of ether oxygens (including phenoxy) is 1. The molecule has 0 saturated heterocycles. The molecule has 0 saturated carbocycles. The Morgan fingerprint density at radius 1 is 1.38 bits per heavy atom. The minimum Gasteiger partial charge on any atom is -0.475 e. The fourth-order valence-corrected chi connectivity index (χ4v) is 0.831. The van der Waals surface area contributed by atoms with Crippen LogP contribution < -0.4 is 4.74 Å². The fourth-order valence-electron chi connectivity index (χ4n) is 0.831. The predicted octanol–water partition coefficient (Wildman–Crippen LogP) is 1.89. The van der Waals surface area contributed by atoms with Gasteiger partial charge in [0.25, 0.3) is 5.88 Å². The summed E-state index contributed by atoms with van der Waals surface area (Å²) >= 11 is 0. The Morgan fingerprint density at radius 3 is 2.54 bits per heavy atom. The molecule has 4 nitrogen and oxygen atoms in total. The summed E-state index contributed by atoms with van der Waals surface area (Å²) in [4.78, 5) is 0. The van der Waals surface area contributed by atoms with Gasteiger partial charge in [0.15, 0.2) is 0 Å². The molecule has 1 rings (SSSR count). The quantitative estimate of drug-likeness (QED) is 0.715. The zero-order valence-corrected chi connectivity index (χ0v) is 8.69. The van der Waals surface area contributed by atoms with Crippen LogP contribution in [0.4, 0.5) is 0 Å². The first-order valence-electron chi connectivity index (χ1n) is 4.64. The smallest absolute Gasteiger partial charge is 0.253 e. The van der Waals surface area contributed by atoms with Crippen LogP contribution in [0.1, 0.15) is 33.7 Å². The maximum Gasteiger partial charge on any atom is 0.253 e. The van der Waals surface area contributed by atoms with Gasteiger partial charge < -0.3 is 4.74 Å². The molecule has 74 valence electrons. The SMILES string of the molecule is CC(C)COc1cn(C(C)C)nn1. The fraction of sp³-hybridized carbons (Fsp3) is 0.778. The van der Waals surface area contributed by atoms with Crippen LogP contribution in [0.2, 0.25) is 0 Å². The molecule has 0 unspecified atom stereocenters. The van der Waals surface area contributed by atoms with Gasteiger partial charge in [0, 0.05) is 6.04 Å². The summed E-state index contributed by atoms with van der Waals surface area (Å²) in [6.45, 7) is 9.01. The first kappa shape index (κ1) is 10.0. The van der Waals surface area contributed by atoms with E-state index in [0.29, 0.717) is 24.4 Å². The predicted molar refractivity (Wildman–Crippen MR) is 50.7 cm³/mol. The number of aromatic nitrogens is 3. The molecule has 0 aliphatic heterocycles. The Labute approximate surface area is 78.9 Å². The molecule has 0 aliphatic carbocycles. The van der Waals surface area contributed by atoms with E-state index in [1.54, 1.807) is 4.68 Å². The second kappa shape index (κ2) is 4.25. The van der Waals surface area contributed by atoms with Gasteiger partial charge in [-0.05, 0) is 19.8 Å². The molecule has 0 N–H and O–H groups in total. The first-order valence-corrected chi connectivity index (χ1v) is 4.64. The number of hydrogen-bond donors (Lipinski definition) is 0. The normalized spacial score (nSPS) is 11.2. The molecule has 0 atom stereocenters. The third-order valence-corrected chi connectivity index (χ3v) is 1.58. The largest absolute Gasteiger partial charge is 0.475 e. The monoisotopic (exact) mass is 183 g/mol. The van der Waals surface area contributed by atoms with E-state index in [9.17, 15) is 0 Å². The van der Waals surface area contributed by atoms with Gasteiger partial charge in [-0.1, -0.05) is 24.2 Å². The minimum atomic E-state index is 0.337. The average Bonchev–Trinajstić information content (AvgIpc) is 2.48. The van der Waals surface area contributed by atoms with E-state index < -0.39 is 0 Å². The Hall–Kier alpha value is -1.06. The summed E-state index contributed by atoms with van der Waals surface area (Å²) in [5, 5.41) is 7.84. The summed E-state index contributed by atoms with van der Waals surface area (Å²) < 4.78 is 7.19. The van der Waals surface area contributed by atoms with Crippen LogP contribution in [0.5, 0.6) is 5.88 Å². The summed E-state index contributed by atoms with van der Waals surface area (Å²) in [7, 11) is 0. The van der Waals surface area contributed by atoms with Crippen molar-refractivity contribution in [2.24, 2.45) is 5.92 Å². The molecule has 0 aromatic carbocycles. The van der Waals surface area contributed by atoms with Crippen LogP contribution >= 0.6 is 0 Å². The van der Waals surface area contributed by atoms with Crippen LogP contribution in [0.25, 0.3) is 0 Å². The molecule has 13 heavy (non-hydrogen) atoms. The number of rotatable bonds is 4. The van der Waals surface area contributed by atoms with Crippen molar-refractivity contribution in [3.8, 4) is 5.88 Å². The molecular weight excluding hydrogens is 166 g/mol. The highest BCUT2D eigenvalue weighted by Gasteiger charge is 2.04. The van der Waals surface area contributed by atoms with Gasteiger partial charge in [-0.25, -0.2) is 4.68 Å². The van der Waals surface area contributed by atoms with Gasteiger partial charge in [0.2, 0.25) is 0 Å². The van der Waals surface area contributed by atoms with Crippen LogP contribution in [-0.2, 0) is 0 Å². The second-order valence-corrected chi connectivity index (χ2v) is 3.84. The third kappa shape index (κ3) is 3.05. The lowest BCUT2D eigenvalue weighted by atomic mass is 10.2. The number of hydrogen-bond acceptors (Lipinski definition) is 3. The van der Waals surface area contributed by atoms with Crippen molar-refractivity contribution in [1.82, 2.24) is 15.0 Å². The van der Waals surface area contributed by atoms with Gasteiger partial charge in [0.1, 0.15) is 0 Å². The van der Waals surface area contributed by atoms with Crippen molar-refractivity contribution in [2.45, 2.75) is 33.7 Å². The highest BCUT2D eigenvalue weighted by Crippen LogP contribution is 2.09. The summed E-state index contributed by atoms with van der Waals surface area (Å²) in [6.07, 6.45) is 1.83. The lowest BCUT2D eigenvalue weighted by Gasteiger charge is -2.04. The van der Waals surface area contributed by atoms with E-state index in [0.717, 1.165) is 0 Å². The van der Waals surface area contributed by atoms with Crippen LogP contribution in [0, 0.1) is 5.92 Å². The maximum absolute atomic E-state index is 5.40. The number of nitrogens with zero attached hydrogens (tertiary/aromatic N) is 3. The Morgan fingerprint density at radius 2 is 2.08 bits per heavy atom. The molecule has 0 bridgehead atoms. The van der Waals surface area contributed by atoms with E-state index >= 15 is 0 Å². The molecule has 0 amide bonds. The van der Waals surface area contributed by atoms with Crippen LogP contribution in [0.3, 0.4) is 0 Å². The summed E-state index contributed by atoms with van der Waals surface area (Å²) in [5.74, 6) is 1.13. The van der Waals surface area contributed by atoms with Crippen molar-refractivity contribution in [2.75, 3.05) is 6.61 Å². The van der Waals surface area contributed by atoms with E-state index in [4.69, 9.17) is 4.74 Å². The van der Waals surface area contributed by atoms with Crippen molar-refractivity contribution < 1.29 is 4.74 Å². The van der Waals surface area contributed by atoms with Gasteiger partial charge in [0.05, 0.1) is 12.8 Å². The maximum atomic E-state index is 5.40. The first-order chi connectivity index (χ1) is 6.09. The minimum absolute atomic E-state index is 0.337. The van der Waals surface area contributed by atoms with Crippen molar-refractivity contribution in [3.05, 3.63) is 6.20 Å². The Bertz CT molecular complexity index is 255. The van der Waals surface area contributed by atoms with Crippen molar-refractivity contribution in [3.63, 3.8) is 0 Å². The van der Waals surface area contributed by atoms with Crippen molar-refractivity contribution >= 4 is 0 Å². The van der Waals surface area contributed by atoms with Crippen molar-refractivity contribution in [1.29, 1.82) is 0 Å². The van der Waals surface area contributed by atoms with Crippen LogP contribution in [-0.4, -0.2) is 21.6 Å². The molecule has 0 radical (unpaired) electrons. The average molecular weight is 183 g/mol. The molecule has 1 aromatic rings. The third-order valence-electron chi connectivity index (χ3n) is 1.58. The van der Waals surface area contributed by atoms with E-state index in [2.05, 4.69) is 38.0 Å². The zero-order valence-electron chi connectivity index (χ0n) is 8.69. The van der Waals surface area contributed by atoms with Gasteiger partial charge in [-0.15, -0.1) is 0 Å². The van der Waals surface area contributed by atoms with Gasteiger partial charge in [-0.3, -0.25) is 0 Å². The van der Waals surface area contributed by atoms with Gasteiger partial charge >= 0.3 is 0 Å². The molecule has 4 heteroatoms. The van der Waals surface area contributed by atoms with E-state index in [-0.39, 0.29) is 0 Å². The molecule has 0 aliphatic rings.